The van der Waals surface area contributed by atoms with Crippen LogP contribution in [-0.4, -0.2) is 16.9 Å². The molecule has 3 nitrogen and oxygen atoms in total. The van der Waals surface area contributed by atoms with Crippen LogP contribution in [0.4, 0.5) is 0 Å². The van der Waals surface area contributed by atoms with E-state index in [-0.39, 0.29) is 1.43 Å². The monoisotopic (exact) mass is 109 g/mol. The molecule has 48 valence electrons. The molecule has 0 rings (SSSR count). The molecule has 0 fully saturated rings. The Kier molecular flexibility index (Phi) is 13.3. The molecule has 0 aromatic heterocycles. The molecule has 0 aliphatic heterocycles. The van der Waals surface area contributed by atoms with Crippen LogP contribution < -0.4 is 5.90 Å². The average molecular weight is 109 g/mol. The Labute approximate surface area is 45.2 Å². The Bertz CT molecular complexity index is 28.0. The zero-order chi connectivity index (χ0) is 6.28. The van der Waals surface area contributed by atoms with Crippen molar-refractivity contribution in [2.75, 3.05) is 6.61 Å². The first-order chi connectivity index (χ1) is 3.27. The molecule has 0 amide bonds. The Morgan fingerprint density at radius 1 is 1.57 bits per heavy atom. The summed E-state index contributed by atoms with van der Waals surface area (Å²) in [5, 5.41) is 14.6. The van der Waals surface area contributed by atoms with Gasteiger partial charge in [0.05, 0.1) is 0 Å². The lowest BCUT2D eigenvalue weighted by atomic mass is 10.2. The van der Waals surface area contributed by atoms with Gasteiger partial charge in [0.2, 0.25) is 0 Å². The van der Waals surface area contributed by atoms with E-state index in [1.54, 1.807) is 0 Å². The summed E-state index contributed by atoms with van der Waals surface area (Å²) < 4.78 is 0. The smallest absolute Gasteiger partial charge is 0.0453 e. The van der Waals surface area contributed by atoms with Gasteiger partial charge in [-0.3, -0.25) is 0 Å². The number of aliphatic hydroxyl groups is 1. The molecule has 0 heterocycles. The molecule has 0 saturated carbocycles. The molecule has 3 heteroatoms. The van der Waals surface area contributed by atoms with Gasteiger partial charge in [-0.2, -0.15) is 0 Å². The summed E-state index contributed by atoms with van der Waals surface area (Å²) in [5.74, 6) is 3.94. The standard InChI is InChI=1S/C4H10O.H3NO.H2/c1-4(2)3-5;1-2;/h4-5H,3H2,1-2H3;2H,1H2;1H. The molecule has 0 atom stereocenters. The van der Waals surface area contributed by atoms with E-state index in [0.29, 0.717) is 12.5 Å². The van der Waals surface area contributed by atoms with Crippen molar-refractivity contribution in [1.82, 2.24) is 0 Å². The number of rotatable bonds is 1. The third-order valence-corrected chi connectivity index (χ3v) is 0.365. The van der Waals surface area contributed by atoms with Gasteiger partial charge in [-0.15, -0.1) is 0 Å². The Morgan fingerprint density at radius 2 is 1.71 bits per heavy atom. The van der Waals surface area contributed by atoms with Crippen LogP contribution in [0.5, 0.6) is 0 Å². The highest BCUT2D eigenvalue weighted by atomic mass is 16.4. The zero-order valence-corrected chi connectivity index (χ0v) is 4.76. The highest BCUT2D eigenvalue weighted by molar-refractivity contribution is 4.32. The van der Waals surface area contributed by atoms with Gasteiger partial charge in [-0.25, -0.2) is 5.90 Å². The third-order valence-electron chi connectivity index (χ3n) is 0.365. The van der Waals surface area contributed by atoms with E-state index in [2.05, 4.69) is 5.90 Å². The van der Waals surface area contributed by atoms with Crippen molar-refractivity contribution in [3.63, 3.8) is 0 Å². The van der Waals surface area contributed by atoms with E-state index in [9.17, 15) is 0 Å². The van der Waals surface area contributed by atoms with Crippen LogP contribution in [0.15, 0.2) is 0 Å². The van der Waals surface area contributed by atoms with E-state index >= 15 is 0 Å². The molecule has 0 bridgehead atoms. The van der Waals surface area contributed by atoms with Gasteiger partial charge in [-0.05, 0) is 5.92 Å². The Balaban J connectivity index is -0.0000000750. The number of aliphatic hydroxyl groups excluding tert-OH is 1. The predicted molar refractivity (Wildman–Crippen MR) is 30.0 cm³/mol. The summed E-state index contributed by atoms with van der Waals surface area (Å²) in [6, 6.07) is 0. The predicted octanol–water partition coefficient (Wildman–Crippen LogP) is 0.215. The van der Waals surface area contributed by atoms with Crippen LogP contribution in [0.25, 0.3) is 0 Å². The highest BCUT2D eigenvalue weighted by Crippen LogP contribution is 1.83. The van der Waals surface area contributed by atoms with Gasteiger partial charge in [0.1, 0.15) is 0 Å². The molecule has 0 aromatic carbocycles. The van der Waals surface area contributed by atoms with Gasteiger partial charge in [-0.1, -0.05) is 13.8 Å². The number of hydrogen-bond acceptors (Lipinski definition) is 3. The summed E-state index contributed by atoms with van der Waals surface area (Å²) in [5.41, 5.74) is 0. The molecule has 7 heavy (non-hydrogen) atoms. The third kappa shape index (κ3) is 25.0. The van der Waals surface area contributed by atoms with Crippen molar-refractivity contribution in [1.29, 1.82) is 0 Å². The lowest BCUT2D eigenvalue weighted by molar-refractivity contribution is 0.248. The molecular formula is C4H15NO2. The molecule has 0 aliphatic rings. The second kappa shape index (κ2) is 9.30. The second-order valence-corrected chi connectivity index (χ2v) is 1.58. The van der Waals surface area contributed by atoms with Crippen LogP contribution in [-0.2, 0) is 0 Å². The topological polar surface area (TPSA) is 66.5 Å². The van der Waals surface area contributed by atoms with E-state index in [4.69, 9.17) is 10.3 Å². The van der Waals surface area contributed by atoms with Gasteiger partial charge in [0.15, 0.2) is 0 Å². The fourth-order valence-electron chi connectivity index (χ4n) is 0. The molecule has 0 aromatic rings. The average Bonchev–Trinajstić information content (AvgIpc) is 1.73. The maximum absolute atomic E-state index is 8.14. The fourth-order valence-corrected chi connectivity index (χ4v) is 0. The van der Waals surface area contributed by atoms with Gasteiger partial charge < -0.3 is 10.3 Å². The summed E-state index contributed by atoms with van der Waals surface area (Å²) in [7, 11) is 0. The summed E-state index contributed by atoms with van der Waals surface area (Å²) in [4.78, 5) is 0. The van der Waals surface area contributed by atoms with Gasteiger partial charge in [0, 0.05) is 8.03 Å². The maximum Gasteiger partial charge on any atom is 0.0453 e. The van der Waals surface area contributed by atoms with Gasteiger partial charge >= 0.3 is 0 Å². The lowest BCUT2D eigenvalue weighted by Crippen LogP contribution is -1.90. The fraction of sp³-hybridized carbons (Fsp3) is 1.00. The quantitative estimate of drug-likeness (QED) is 0.422. The molecular weight excluding hydrogens is 94.0 g/mol. The number of hydrogen-bond donors (Lipinski definition) is 3. The number of nitrogens with two attached hydrogens (primary N) is 1. The minimum atomic E-state index is 0. The summed E-state index contributed by atoms with van der Waals surface area (Å²) >= 11 is 0. The lowest BCUT2D eigenvalue weighted by Gasteiger charge is -1.90. The summed E-state index contributed by atoms with van der Waals surface area (Å²) in [6.45, 7) is 4.25. The van der Waals surface area contributed by atoms with Crippen molar-refractivity contribution >= 4 is 0 Å². The first-order valence-corrected chi connectivity index (χ1v) is 2.14. The second-order valence-electron chi connectivity index (χ2n) is 1.58. The van der Waals surface area contributed by atoms with Crippen LogP contribution in [0.1, 0.15) is 15.3 Å². The molecule has 0 unspecified atom stereocenters. The van der Waals surface area contributed by atoms with Crippen molar-refractivity contribution in [3.8, 4) is 0 Å². The summed E-state index contributed by atoms with van der Waals surface area (Å²) in [6.07, 6.45) is 0. The van der Waals surface area contributed by atoms with Crippen molar-refractivity contribution in [2.45, 2.75) is 13.8 Å². The molecule has 0 spiro atoms. The Hall–Kier alpha value is -0.120. The van der Waals surface area contributed by atoms with E-state index in [1.165, 1.54) is 0 Å². The highest BCUT2D eigenvalue weighted by Gasteiger charge is 1.81. The first kappa shape index (κ1) is 9.99. The largest absolute Gasteiger partial charge is 0.396 e. The van der Waals surface area contributed by atoms with E-state index < -0.39 is 0 Å². The minimum Gasteiger partial charge on any atom is -0.396 e. The van der Waals surface area contributed by atoms with Crippen LogP contribution >= 0.6 is 0 Å². The van der Waals surface area contributed by atoms with Crippen molar-refractivity contribution < 1.29 is 11.7 Å². The van der Waals surface area contributed by atoms with Gasteiger partial charge in [0.25, 0.3) is 0 Å². The van der Waals surface area contributed by atoms with Crippen LogP contribution in [0, 0.1) is 5.92 Å². The van der Waals surface area contributed by atoms with E-state index in [0.717, 1.165) is 0 Å². The minimum absolute atomic E-state index is 0. The van der Waals surface area contributed by atoms with Crippen molar-refractivity contribution in [3.05, 3.63) is 0 Å². The van der Waals surface area contributed by atoms with Crippen molar-refractivity contribution in [2.24, 2.45) is 11.8 Å². The molecule has 0 radical (unpaired) electrons. The normalized spacial score (nSPS) is 7.71. The molecule has 4 N–H and O–H groups in total. The van der Waals surface area contributed by atoms with Crippen LogP contribution in [0.2, 0.25) is 0 Å². The first-order valence-electron chi connectivity index (χ1n) is 2.14. The van der Waals surface area contributed by atoms with E-state index in [1.807, 2.05) is 13.8 Å². The molecule has 0 saturated heterocycles. The molecule has 0 aliphatic carbocycles. The maximum atomic E-state index is 8.14. The SMILES string of the molecule is CC(C)CO.NO.[HH]. The Morgan fingerprint density at radius 3 is 1.71 bits per heavy atom. The zero-order valence-electron chi connectivity index (χ0n) is 4.76. The van der Waals surface area contributed by atoms with Crippen LogP contribution in [0.3, 0.4) is 0 Å².